The third-order valence-corrected chi connectivity index (χ3v) is 12.1. The fraction of sp³-hybridized carbons (Fsp3) is 0.300. The summed E-state index contributed by atoms with van der Waals surface area (Å²) in [5, 5.41) is 12.3. The van der Waals surface area contributed by atoms with Crippen molar-refractivity contribution in [1.29, 1.82) is 0 Å². The van der Waals surface area contributed by atoms with Gasteiger partial charge in [0.1, 0.15) is 11.6 Å². The van der Waals surface area contributed by atoms with E-state index >= 15 is 0 Å². The van der Waals surface area contributed by atoms with Crippen LogP contribution in [0.4, 0.5) is 0 Å². The number of aromatic hydroxyl groups is 1. The predicted octanol–water partition coefficient (Wildman–Crippen LogP) is 16.7. The second kappa shape index (κ2) is 18.7. The minimum absolute atomic E-state index is 0. The molecule has 0 radical (unpaired) electrons. The van der Waals surface area contributed by atoms with Gasteiger partial charge in [-0.15, -0.1) is 29.3 Å². The van der Waals surface area contributed by atoms with Crippen molar-refractivity contribution in [1.82, 2.24) is 14.5 Å². The molecule has 2 aromatic heterocycles. The SMILES string of the molecule is [2H]c1c([2H])c(C([2H])([2H])[2H])c([2H])c([2H])c1-c1ccnc(-c2[c-]c(-c3cccc4c3nc(-c3cc(C(C)C)cc(C(C)C)c3O)n4-c3ccc(-c4cc(C(C)C)cc(C([2H])(C)C)c4)cc3C([2H])([2H])[2H])cc(C(C)(C)C)c2)c1.[Pt]. The summed E-state index contributed by atoms with van der Waals surface area (Å²) in [5.74, 6) is -0.361. The first-order valence-electron chi connectivity index (χ1n) is 27.6. The molecule has 0 atom stereocenters. The predicted molar refractivity (Wildman–Crippen MR) is 271 cm³/mol. The van der Waals surface area contributed by atoms with E-state index in [9.17, 15) is 5.11 Å². The molecule has 0 aliphatic heterocycles. The summed E-state index contributed by atoms with van der Waals surface area (Å²) in [6, 6.07) is 29.8. The van der Waals surface area contributed by atoms with E-state index in [2.05, 4.69) is 60.6 Å². The molecule has 0 saturated heterocycles. The van der Waals surface area contributed by atoms with E-state index in [1.54, 1.807) is 18.2 Å². The molecule has 0 saturated carbocycles. The molecule has 8 rings (SSSR count). The second-order valence-corrected chi connectivity index (χ2v) is 19.1. The van der Waals surface area contributed by atoms with E-state index in [0.717, 1.165) is 33.4 Å². The number of fused-ring (bicyclic) bond motifs is 1. The van der Waals surface area contributed by atoms with Crippen molar-refractivity contribution in [2.24, 2.45) is 0 Å². The molecule has 1 N–H and O–H groups in total. The summed E-state index contributed by atoms with van der Waals surface area (Å²) in [5.41, 5.74) is 9.32. The Bertz CT molecular complexity index is 3510. The summed E-state index contributed by atoms with van der Waals surface area (Å²) >= 11 is 0. The molecule has 8 aromatic rings. The Balaban J connectivity index is 0.00000840. The van der Waals surface area contributed by atoms with Gasteiger partial charge in [-0.3, -0.25) is 9.55 Å². The van der Waals surface area contributed by atoms with Gasteiger partial charge in [-0.25, -0.2) is 4.98 Å². The summed E-state index contributed by atoms with van der Waals surface area (Å²) in [7, 11) is 0. The molecule has 0 bridgehead atoms. The molecular weight excluding hydrogens is 974 g/mol. The van der Waals surface area contributed by atoms with E-state index in [1.807, 2.05) is 99.0 Å². The number of para-hydroxylation sites is 1. The van der Waals surface area contributed by atoms with Crippen LogP contribution in [0.25, 0.3) is 72.7 Å². The minimum Gasteiger partial charge on any atom is -0.507 e. The molecule has 336 valence electrons. The van der Waals surface area contributed by atoms with Crippen LogP contribution in [0.2, 0.25) is 0 Å². The van der Waals surface area contributed by atoms with Gasteiger partial charge in [-0.1, -0.05) is 166 Å². The van der Waals surface area contributed by atoms with Gasteiger partial charge in [0, 0.05) is 42.6 Å². The van der Waals surface area contributed by atoms with E-state index < -0.39 is 54.7 Å². The maximum atomic E-state index is 12.3. The molecule has 0 unspecified atom stereocenters. The van der Waals surface area contributed by atoms with Gasteiger partial charge in [0.25, 0.3) is 0 Å². The molecule has 0 spiro atoms. The van der Waals surface area contributed by atoms with Crippen molar-refractivity contribution < 1.29 is 41.3 Å². The first-order chi connectivity index (χ1) is 34.8. The maximum absolute atomic E-state index is 12.3. The fourth-order valence-electron chi connectivity index (χ4n) is 8.19. The van der Waals surface area contributed by atoms with Crippen molar-refractivity contribution in [2.45, 2.75) is 119 Å². The molecule has 6 aromatic carbocycles. The van der Waals surface area contributed by atoms with Crippen molar-refractivity contribution in [2.75, 3.05) is 0 Å². The number of phenolic OH excluding ortho intramolecular Hbond substituents is 1. The summed E-state index contributed by atoms with van der Waals surface area (Å²) in [6.45, 7) is 16.8. The van der Waals surface area contributed by atoms with Crippen molar-refractivity contribution in [3.05, 3.63) is 166 Å². The standard InChI is InChI=1S/C60H64N3O.Pt/c1-35(2)44-26-45(36(3)4)28-47(27-44)42-21-22-55(40(10)25-42)63-56-16-14-15-51(57(56)62-59(63)53-33-46(37(5)6)32-52(38(7)8)58(53)64)48-29-49(31-50(30-48)60(11,12)13)54-34-43(23-24-61-54)41-19-17-39(9)18-20-41;/h14-28,30-38,64H,1-13H3;/q-1;/i9D3,10D3,17D,18D,19D,20D,35D;. The Kier molecular flexibility index (Phi) is 10.0. The van der Waals surface area contributed by atoms with E-state index in [0.29, 0.717) is 61.6 Å². The summed E-state index contributed by atoms with van der Waals surface area (Å²) < 4.78 is 96.6. The summed E-state index contributed by atoms with van der Waals surface area (Å²) in [6.07, 6.45) is 1.51. The van der Waals surface area contributed by atoms with Crippen LogP contribution in [0.15, 0.2) is 121 Å². The fourth-order valence-corrected chi connectivity index (χ4v) is 8.19. The molecule has 2 heterocycles. The summed E-state index contributed by atoms with van der Waals surface area (Å²) in [4.78, 5) is 10.1. The molecular formula is C60H64N3OPt-. The Morgan fingerprint density at radius 3 is 2.03 bits per heavy atom. The van der Waals surface area contributed by atoms with Crippen LogP contribution in [0, 0.1) is 19.8 Å². The van der Waals surface area contributed by atoms with Crippen molar-refractivity contribution in [3.8, 4) is 67.5 Å². The van der Waals surface area contributed by atoms with Crippen LogP contribution < -0.4 is 0 Å². The van der Waals surface area contributed by atoms with Gasteiger partial charge < -0.3 is 5.11 Å². The number of phenols is 1. The quantitative estimate of drug-likeness (QED) is 0.139. The van der Waals surface area contributed by atoms with Crippen LogP contribution in [-0.2, 0) is 26.5 Å². The van der Waals surface area contributed by atoms with Gasteiger partial charge in [-0.05, 0) is 123 Å². The Morgan fingerprint density at radius 1 is 0.677 bits per heavy atom. The number of benzene rings is 6. The maximum Gasteiger partial charge on any atom is 0.148 e. The zero-order valence-corrected chi connectivity index (χ0v) is 41.3. The van der Waals surface area contributed by atoms with E-state index in [1.165, 1.54) is 6.20 Å². The molecule has 0 amide bonds. The van der Waals surface area contributed by atoms with E-state index in [4.69, 9.17) is 25.0 Å². The molecule has 0 fully saturated rings. The van der Waals surface area contributed by atoms with Crippen LogP contribution in [0.3, 0.4) is 0 Å². The molecule has 4 nitrogen and oxygen atoms in total. The van der Waals surface area contributed by atoms with Gasteiger partial charge in [0.15, 0.2) is 0 Å². The van der Waals surface area contributed by atoms with Crippen LogP contribution in [0.1, 0.15) is 154 Å². The second-order valence-electron chi connectivity index (χ2n) is 19.1. The van der Waals surface area contributed by atoms with Crippen molar-refractivity contribution >= 4 is 11.0 Å². The third-order valence-electron chi connectivity index (χ3n) is 12.1. The van der Waals surface area contributed by atoms with Gasteiger partial charge >= 0.3 is 0 Å². The number of rotatable bonds is 10. The average Bonchev–Trinajstić information content (AvgIpc) is 3.71. The number of imidazole rings is 1. The zero-order chi connectivity index (χ0) is 55.2. The first-order valence-corrected chi connectivity index (χ1v) is 22.1. The topological polar surface area (TPSA) is 50.9 Å². The largest absolute Gasteiger partial charge is 0.507 e. The molecule has 65 heavy (non-hydrogen) atoms. The first kappa shape index (κ1) is 34.7. The minimum atomic E-state index is -2.86. The van der Waals surface area contributed by atoms with Crippen molar-refractivity contribution in [3.63, 3.8) is 0 Å². The normalized spacial score (nSPS) is 15.0. The van der Waals surface area contributed by atoms with Gasteiger partial charge in [-0.2, -0.15) is 0 Å². The smallest absolute Gasteiger partial charge is 0.148 e. The number of hydrogen-bond acceptors (Lipinski definition) is 3. The molecule has 0 aliphatic rings. The van der Waals surface area contributed by atoms with Gasteiger partial charge in [0.2, 0.25) is 0 Å². The van der Waals surface area contributed by atoms with Crippen LogP contribution in [0.5, 0.6) is 5.75 Å². The van der Waals surface area contributed by atoms with Crippen LogP contribution in [-0.4, -0.2) is 19.6 Å². The number of nitrogens with zero attached hydrogens (tertiary/aromatic N) is 3. The number of hydrogen-bond donors (Lipinski definition) is 1. The van der Waals surface area contributed by atoms with Crippen LogP contribution >= 0.6 is 0 Å². The Morgan fingerprint density at radius 2 is 1.37 bits per heavy atom. The number of pyridine rings is 1. The number of aromatic nitrogens is 3. The monoisotopic (exact) mass is 1050 g/mol. The van der Waals surface area contributed by atoms with E-state index in [-0.39, 0.29) is 55.7 Å². The van der Waals surface area contributed by atoms with Gasteiger partial charge in [0.05, 0.1) is 27.8 Å². The molecule has 0 aliphatic carbocycles. The Hall–Kier alpha value is -5.57. The third kappa shape index (κ3) is 9.57. The number of aryl methyl sites for hydroxylation is 1. The molecule has 5 heteroatoms. The zero-order valence-electron chi connectivity index (χ0n) is 50.1. The average molecular weight is 1050 g/mol. The Labute approximate surface area is 418 Å².